The maximum atomic E-state index is 9.60. The molecule has 0 bridgehead atoms. The Kier molecular flexibility index (Phi) is 3.47. The average Bonchev–Trinajstić information content (AvgIpc) is 2.29. The summed E-state index contributed by atoms with van der Waals surface area (Å²) in [5.41, 5.74) is 0.816. The van der Waals surface area contributed by atoms with Crippen LogP contribution in [0.25, 0.3) is 0 Å². The van der Waals surface area contributed by atoms with Crippen LogP contribution in [0.3, 0.4) is 0 Å². The predicted octanol–water partition coefficient (Wildman–Crippen LogP) is 2.30. The van der Waals surface area contributed by atoms with Crippen LogP contribution in [-0.4, -0.2) is 16.3 Å². The molecule has 0 amide bonds. The van der Waals surface area contributed by atoms with Crippen LogP contribution in [0.5, 0.6) is 11.5 Å². The van der Waals surface area contributed by atoms with Crippen LogP contribution in [0.1, 0.15) is 24.8 Å². The lowest BCUT2D eigenvalue weighted by Gasteiger charge is -2.18. The fraction of sp³-hybridized carbons (Fsp3) is 0.385. The third-order valence-electron chi connectivity index (χ3n) is 2.88. The number of aromatic hydroxyl groups is 2. The smallest absolute Gasteiger partial charge is 0.123 e. The highest BCUT2D eigenvalue weighted by Crippen LogP contribution is 2.22. The second kappa shape index (κ2) is 5.03. The normalized spacial score (nSPS) is 19.9. The molecule has 0 aliphatic heterocycles. The Morgan fingerprint density at radius 1 is 1.31 bits per heavy atom. The van der Waals surface area contributed by atoms with Crippen LogP contribution in [0.15, 0.2) is 30.4 Å². The Morgan fingerprint density at radius 3 is 2.88 bits per heavy atom. The van der Waals surface area contributed by atoms with Gasteiger partial charge in [0.15, 0.2) is 0 Å². The number of phenols is 2. The van der Waals surface area contributed by atoms with Crippen molar-refractivity contribution in [1.82, 2.24) is 5.32 Å². The molecule has 1 unspecified atom stereocenters. The second-order valence-electron chi connectivity index (χ2n) is 4.16. The number of rotatable bonds is 3. The number of phenolic OH excluding ortho intramolecular Hbond substituents is 2. The van der Waals surface area contributed by atoms with E-state index in [9.17, 15) is 5.11 Å². The molecule has 1 aliphatic carbocycles. The van der Waals surface area contributed by atoms with Gasteiger partial charge < -0.3 is 15.5 Å². The van der Waals surface area contributed by atoms with Crippen molar-refractivity contribution in [3.8, 4) is 11.5 Å². The topological polar surface area (TPSA) is 52.5 Å². The summed E-state index contributed by atoms with van der Waals surface area (Å²) in [5, 5.41) is 22.1. The maximum absolute atomic E-state index is 9.60. The molecule has 0 aromatic heterocycles. The van der Waals surface area contributed by atoms with Crippen molar-refractivity contribution in [2.75, 3.05) is 0 Å². The molecule has 0 spiro atoms. The van der Waals surface area contributed by atoms with Crippen molar-refractivity contribution < 1.29 is 10.2 Å². The first-order valence-electron chi connectivity index (χ1n) is 5.66. The monoisotopic (exact) mass is 219 g/mol. The van der Waals surface area contributed by atoms with Gasteiger partial charge in [0.2, 0.25) is 0 Å². The standard InChI is InChI=1S/C13H17NO2/c15-12-7-6-10(13(16)8-12)9-14-11-4-2-1-3-5-11/h2,4,6-8,11,14-16H,1,3,5,9H2. The lowest BCUT2D eigenvalue weighted by Crippen LogP contribution is -2.27. The maximum Gasteiger partial charge on any atom is 0.123 e. The van der Waals surface area contributed by atoms with E-state index in [2.05, 4.69) is 17.5 Å². The number of allylic oxidation sites excluding steroid dienone is 1. The predicted molar refractivity (Wildman–Crippen MR) is 63.4 cm³/mol. The van der Waals surface area contributed by atoms with Crippen molar-refractivity contribution in [2.24, 2.45) is 0 Å². The number of benzene rings is 1. The zero-order chi connectivity index (χ0) is 11.4. The van der Waals surface area contributed by atoms with E-state index in [1.165, 1.54) is 18.9 Å². The van der Waals surface area contributed by atoms with E-state index in [-0.39, 0.29) is 11.5 Å². The van der Waals surface area contributed by atoms with E-state index in [0.717, 1.165) is 12.0 Å². The molecule has 1 aromatic rings. The van der Waals surface area contributed by atoms with E-state index in [0.29, 0.717) is 12.6 Å². The van der Waals surface area contributed by atoms with Gasteiger partial charge in [-0.2, -0.15) is 0 Å². The summed E-state index contributed by atoms with van der Waals surface area (Å²) in [6.07, 6.45) is 7.91. The lowest BCUT2D eigenvalue weighted by atomic mass is 10.0. The Bertz CT molecular complexity index is 388. The van der Waals surface area contributed by atoms with E-state index in [1.807, 2.05) is 0 Å². The highest BCUT2D eigenvalue weighted by molar-refractivity contribution is 5.38. The zero-order valence-electron chi connectivity index (χ0n) is 9.19. The molecule has 1 aromatic carbocycles. The van der Waals surface area contributed by atoms with Gasteiger partial charge in [0.05, 0.1) is 0 Å². The summed E-state index contributed by atoms with van der Waals surface area (Å²) in [6.45, 7) is 0.626. The molecule has 16 heavy (non-hydrogen) atoms. The van der Waals surface area contributed by atoms with Crippen molar-refractivity contribution in [3.05, 3.63) is 35.9 Å². The van der Waals surface area contributed by atoms with Crippen molar-refractivity contribution in [1.29, 1.82) is 0 Å². The van der Waals surface area contributed by atoms with E-state index >= 15 is 0 Å². The summed E-state index contributed by atoms with van der Waals surface area (Å²) < 4.78 is 0. The number of hydrogen-bond donors (Lipinski definition) is 3. The van der Waals surface area contributed by atoms with Gasteiger partial charge in [-0.1, -0.05) is 18.2 Å². The van der Waals surface area contributed by atoms with E-state index < -0.39 is 0 Å². The van der Waals surface area contributed by atoms with Gasteiger partial charge in [-0.25, -0.2) is 0 Å². The highest BCUT2D eigenvalue weighted by atomic mass is 16.3. The first-order chi connectivity index (χ1) is 7.75. The molecule has 1 aliphatic rings. The Morgan fingerprint density at radius 2 is 2.19 bits per heavy atom. The van der Waals surface area contributed by atoms with Gasteiger partial charge in [0, 0.05) is 24.2 Å². The summed E-state index contributed by atoms with van der Waals surface area (Å²) >= 11 is 0. The van der Waals surface area contributed by atoms with Crippen molar-refractivity contribution in [3.63, 3.8) is 0 Å². The van der Waals surface area contributed by atoms with Crippen molar-refractivity contribution in [2.45, 2.75) is 31.8 Å². The Labute approximate surface area is 95.4 Å². The van der Waals surface area contributed by atoms with Crippen molar-refractivity contribution >= 4 is 0 Å². The molecular weight excluding hydrogens is 202 g/mol. The van der Waals surface area contributed by atoms with Crippen LogP contribution in [-0.2, 0) is 6.54 Å². The number of nitrogens with one attached hydrogen (secondary N) is 1. The van der Waals surface area contributed by atoms with E-state index in [1.54, 1.807) is 12.1 Å². The minimum atomic E-state index is 0.0961. The average molecular weight is 219 g/mol. The van der Waals surface area contributed by atoms with Crippen LogP contribution in [0.4, 0.5) is 0 Å². The molecular formula is C13H17NO2. The summed E-state index contributed by atoms with van der Waals surface area (Å²) in [6, 6.07) is 5.10. The molecule has 0 fully saturated rings. The minimum Gasteiger partial charge on any atom is -0.508 e. The lowest BCUT2D eigenvalue weighted by molar-refractivity contribution is 0.440. The van der Waals surface area contributed by atoms with Crippen LogP contribution in [0.2, 0.25) is 0 Å². The second-order valence-corrected chi connectivity index (χ2v) is 4.16. The van der Waals surface area contributed by atoms with Gasteiger partial charge in [-0.3, -0.25) is 0 Å². The van der Waals surface area contributed by atoms with Gasteiger partial charge in [0.25, 0.3) is 0 Å². The molecule has 3 heteroatoms. The molecule has 86 valence electrons. The van der Waals surface area contributed by atoms with E-state index in [4.69, 9.17) is 5.11 Å². The molecule has 0 saturated heterocycles. The zero-order valence-corrected chi connectivity index (χ0v) is 9.19. The fourth-order valence-corrected chi connectivity index (χ4v) is 1.93. The first-order valence-corrected chi connectivity index (χ1v) is 5.66. The molecule has 0 heterocycles. The first kappa shape index (κ1) is 11.0. The molecule has 2 rings (SSSR count). The molecule has 1 atom stereocenters. The Balaban J connectivity index is 1.93. The molecule has 3 N–H and O–H groups in total. The van der Waals surface area contributed by atoms with Gasteiger partial charge in [-0.15, -0.1) is 0 Å². The van der Waals surface area contributed by atoms with Crippen LogP contribution < -0.4 is 5.32 Å². The summed E-state index contributed by atoms with van der Waals surface area (Å²) in [5.74, 6) is 0.242. The largest absolute Gasteiger partial charge is 0.508 e. The third-order valence-corrected chi connectivity index (χ3v) is 2.88. The third kappa shape index (κ3) is 2.76. The van der Waals surface area contributed by atoms with Crippen LogP contribution in [0, 0.1) is 0 Å². The summed E-state index contributed by atoms with van der Waals surface area (Å²) in [4.78, 5) is 0. The SMILES string of the molecule is Oc1ccc(CNC2C=CCCC2)c(O)c1. The quantitative estimate of drug-likeness (QED) is 0.684. The Hall–Kier alpha value is -1.48. The van der Waals surface area contributed by atoms with Gasteiger partial charge >= 0.3 is 0 Å². The molecule has 0 radical (unpaired) electrons. The molecule has 0 saturated carbocycles. The van der Waals surface area contributed by atoms with Gasteiger partial charge in [-0.05, 0) is 25.3 Å². The highest BCUT2D eigenvalue weighted by Gasteiger charge is 2.08. The van der Waals surface area contributed by atoms with Gasteiger partial charge in [0.1, 0.15) is 11.5 Å². The summed E-state index contributed by atoms with van der Waals surface area (Å²) in [7, 11) is 0. The molecule has 3 nitrogen and oxygen atoms in total. The minimum absolute atomic E-state index is 0.0961. The van der Waals surface area contributed by atoms with Crippen LogP contribution >= 0.6 is 0 Å². The fourth-order valence-electron chi connectivity index (χ4n) is 1.93. The number of hydrogen-bond acceptors (Lipinski definition) is 3.